The van der Waals surface area contributed by atoms with Gasteiger partial charge in [-0.25, -0.2) is 0 Å². The van der Waals surface area contributed by atoms with Crippen molar-refractivity contribution in [2.24, 2.45) is 46.7 Å². The Hall–Kier alpha value is -1.23. The van der Waals surface area contributed by atoms with Gasteiger partial charge in [0.2, 0.25) is 0 Å². The van der Waals surface area contributed by atoms with E-state index >= 15 is 0 Å². The Balaban J connectivity index is 1.32. The van der Waals surface area contributed by atoms with E-state index in [9.17, 15) is 4.79 Å². The number of ketones is 1. The molecule has 0 amide bonds. The predicted octanol–water partition coefficient (Wildman–Crippen LogP) is 3.83. The molecule has 0 spiro atoms. The van der Waals surface area contributed by atoms with Crippen LogP contribution in [0.5, 0.6) is 0 Å². The minimum Gasteiger partial charge on any atom is -0.325 e. The molecule has 4 fully saturated rings. The summed E-state index contributed by atoms with van der Waals surface area (Å²) in [6.45, 7) is 5.03. The third kappa shape index (κ3) is 2.96. The first-order valence-electron chi connectivity index (χ1n) is 11.5. The summed E-state index contributed by atoms with van der Waals surface area (Å²) in [6, 6.07) is 0. The zero-order valence-corrected chi connectivity index (χ0v) is 17.5. The standard InChI is InChI=1S/C23H36N4O/c1-22(24)9-7-16-15(13-22)3-4-18-17(16)8-10-23(2)19(18)5-6-20(23)21(28)14-27-25-11-12-26-27/h11-12,15-20H,3-10,13-14,24H2,1-2H3/t15-,16+,17?,18-,19+,20-,22+,23+/m1/s1. The quantitative estimate of drug-likeness (QED) is 0.859. The number of nitrogens with zero attached hydrogens (tertiary/aromatic N) is 3. The Labute approximate surface area is 168 Å². The van der Waals surface area contributed by atoms with Crippen LogP contribution in [0.15, 0.2) is 12.4 Å². The molecule has 5 rings (SSSR count). The number of carbonyl (C=O) groups is 1. The van der Waals surface area contributed by atoms with E-state index in [0.29, 0.717) is 12.3 Å². The maximum absolute atomic E-state index is 13.1. The van der Waals surface area contributed by atoms with Crippen LogP contribution in [0.1, 0.15) is 71.6 Å². The molecule has 0 radical (unpaired) electrons. The summed E-state index contributed by atoms with van der Waals surface area (Å²) in [4.78, 5) is 14.7. The molecule has 2 N–H and O–H groups in total. The smallest absolute Gasteiger partial charge is 0.159 e. The molecule has 0 aromatic carbocycles. The van der Waals surface area contributed by atoms with Crippen molar-refractivity contribution in [3.63, 3.8) is 0 Å². The minimum atomic E-state index is 0.0581. The van der Waals surface area contributed by atoms with Gasteiger partial charge in [-0.15, -0.1) is 0 Å². The lowest BCUT2D eigenvalue weighted by molar-refractivity contribution is -0.131. The summed E-state index contributed by atoms with van der Waals surface area (Å²) < 4.78 is 0. The first-order chi connectivity index (χ1) is 13.4. The van der Waals surface area contributed by atoms with E-state index in [0.717, 1.165) is 36.0 Å². The Morgan fingerprint density at radius 1 is 1.00 bits per heavy atom. The number of hydrogen-bond donors (Lipinski definition) is 1. The van der Waals surface area contributed by atoms with Crippen LogP contribution >= 0.6 is 0 Å². The second kappa shape index (κ2) is 6.65. The molecule has 1 aromatic heterocycles. The molecule has 1 aromatic rings. The Morgan fingerprint density at radius 2 is 1.75 bits per heavy atom. The molecule has 1 unspecified atom stereocenters. The van der Waals surface area contributed by atoms with Crippen molar-refractivity contribution < 1.29 is 4.79 Å². The lowest BCUT2D eigenvalue weighted by Crippen LogP contribution is -2.52. The predicted molar refractivity (Wildman–Crippen MR) is 108 cm³/mol. The van der Waals surface area contributed by atoms with E-state index in [4.69, 9.17) is 5.73 Å². The third-order valence-electron chi connectivity index (χ3n) is 9.45. The monoisotopic (exact) mass is 384 g/mol. The highest BCUT2D eigenvalue weighted by molar-refractivity contribution is 5.81. The van der Waals surface area contributed by atoms with Crippen LogP contribution in [0.2, 0.25) is 0 Å². The van der Waals surface area contributed by atoms with Gasteiger partial charge in [-0.05, 0) is 99.7 Å². The third-order valence-corrected chi connectivity index (χ3v) is 9.45. The molecular formula is C23H36N4O. The molecule has 0 saturated heterocycles. The van der Waals surface area contributed by atoms with E-state index in [-0.39, 0.29) is 16.9 Å². The van der Waals surface area contributed by atoms with Gasteiger partial charge >= 0.3 is 0 Å². The molecule has 28 heavy (non-hydrogen) atoms. The summed E-state index contributed by atoms with van der Waals surface area (Å²) in [5.74, 6) is 4.74. The zero-order chi connectivity index (χ0) is 19.5. The number of aromatic nitrogens is 3. The van der Waals surface area contributed by atoms with E-state index in [1.165, 1.54) is 51.4 Å². The van der Waals surface area contributed by atoms with Crippen molar-refractivity contribution in [1.29, 1.82) is 0 Å². The number of rotatable bonds is 3. The van der Waals surface area contributed by atoms with Crippen LogP contribution in [0.25, 0.3) is 0 Å². The second-order valence-electron chi connectivity index (χ2n) is 11.0. The van der Waals surface area contributed by atoms with Gasteiger partial charge in [0.25, 0.3) is 0 Å². The average Bonchev–Trinajstić information content (AvgIpc) is 3.27. The average molecular weight is 385 g/mol. The minimum absolute atomic E-state index is 0.0581. The van der Waals surface area contributed by atoms with Crippen LogP contribution in [0, 0.1) is 40.9 Å². The van der Waals surface area contributed by atoms with Gasteiger partial charge in [0, 0.05) is 11.5 Å². The highest BCUT2D eigenvalue weighted by Gasteiger charge is 2.58. The van der Waals surface area contributed by atoms with Crippen molar-refractivity contribution in [1.82, 2.24) is 15.0 Å². The molecule has 5 nitrogen and oxygen atoms in total. The van der Waals surface area contributed by atoms with E-state index in [1.807, 2.05) is 0 Å². The number of fused-ring (bicyclic) bond motifs is 5. The summed E-state index contributed by atoms with van der Waals surface area (Å²) in [6.07, 6.45) is 14.7. The summed E-state index contributed by atoms with van der Waals surface area (Å²) in [7, 11) is 0. The first kappa shape index (κ1) is 18.8. The van der Waals surface area contributed by atoms with E-state index in [2.05, 4.69) is 24.0 Å². The fourth-order valence-corrected chi connectivity index (χ4v) is 8.24. The van der Waals surface area contributed by atoms with Gasteiger partial charge in [0.05, 0.1) is 12.4 Å². The van der Waals surface area contributed by atoms with Crippen LogP contribution in [-0.4, -0.2) is 26.3 Å². The lowest BCUT2D eigenvalue weighted by Gasteiger charge is -2.57. The number of carbonyl (C=O) groups excluding carboxylic acids is 1. The fourth-order valence-electron chi connectivity index (χ4n) is 8.24. The van der Waals surface area contributed by atoms with Gasteiger partial charge in [-0.2, -0.15) is 15.0 Å². The van der Waals surface area contributed by atoms with Gasteiger partial charge in [-0.1, -0.05) is 6.92 Å². The number of nitrogens with two attached hydrogens (primary N) is 1. The van der Waals surface area contributed by atoms with Gasteiger partial charge < -0.3 is 5.73 Å². The molecule has 1 heterocycles. The SMILES string of the molecule is C[C@]1(N)CC[C@@H]2C3CC[C@]4(C)[C@@H](C(=O)Cn5nccn5)CC[C@H]4[C@@H]3CC[C@@H]2C1. The first-order valence-corrected chi connectivity index (χ1v) is 11.5. The largest absolute Gasteiger partial charge is 0.325 e. The second-order valence-corrected chi connectivity index (χ2v) is 11.0. The van der Waals surface area contributed by atoms with Gasteiger partial charge in [0.1, 0.15) is 6.54 Å². The summed E-state index contributed by atoms with van der Waals surface area (Å²) >= 11 is 0. The fraction of sp³-hybridized carbons (Fsp3) is 0.870. The number of hydrogen-bond acceptors (Lipinski definition) is 4. The topological polar surface area (TPSA) is 73.8 Å². The highest BCUT2D eigenvalue weighted by Crippen LogP contribution is 2.64. The van der Waals surface area contributed by atoms with Crippen molar-refractivity contribution in [2.45, 2.75) is 83.7 Å². The molecule has 4 aliphatic rings. The molecule has 4 aliphatic carbocycles. The maximum Gasteiger partial charge on any atom is 0.159 e. The molecule has 154 valence electrons. The van der Waals surface area contributed by atoms with Crippen LogP contribution in [-0.2, 0) is 11.3 Å². The normalized spacial score (nSPS) is 47.8. The van der Waals surface area contributed by atoms with Crippen LogP contribution in [0.3, 0.4) is 0 Å². The van der Waals surface area contributed by atoms with Crippen molar-refractivity contribution in [3.05, 3.63) is 12.4 Å². The molecule has 4 saturated carbocycles. The molecule has 0 aliphatic heterocycles. The van der Waals surface area contributed by atoms with Crippen LogP contribution < -0.4 is 5.73 Å². The lowest BCUT2D eigenvalue weighted by atomic mass is 9.48. The van der Waals surface area contributed by atoms with Crippen LogP contribution in [0.4, 0.5) is 0 Å². The maximum atomic E-state index is 13.1. The van der Waals surface area contributed by atoms with Gasteiger partial charge in [-0.3, -0.25) is 4.79 Å². The molecule has 8 atom stereocenters. The van der Waals surface area contributed by atoms with E-state index < -0.39 is 0 Å². The number of Topliss-reactive ketones (excluding diaryl/α,β-unsaturated/α-hetero) is 1. The van der Waals surface area contributed by atoms with Gasteiger partial charge in [0.15, 0.2) is 5.78 Å². The Bertz CT molecular complexity index is 729. The highest BCUT2D eigenvalue weighted by atomic mass is 16.1. The van der Waals surface area contributed by atoms with Crippen molar-refractivity contribution >= 4 is 5.78 Å². The molecule has 0 bridgehead atoms. The summed E-state index contributed by atoms with van der Waals surface area (Å²) in [5, 5.41) is 8.30. The van der Waals surface area contributed by atoms with Crippen molar-refractivity contribution in [2.75, 3.05) is 0 Å². The summed E-state index contributed by atoms with van der Waals surface area (Å²) in [5.41, 5.74) is 6.76. The van der Waals surface area contributed by atoms with E-state index in [1.54, 1.807) is 17.2 Å². The Kier molecular flexibility index (Phi) is 4.46. The molecule has 5 heteroatoms. The molecular weight excluding hydrogens is 348 g/mol. The van der Waals surface area contributed by atoms with Crippen molar-refractivity contribution in [3.8, 4) is 0 Å². The Morgan fingerprint density at radius 3 is 2.54 bits per heavy atom. The zero-order valence-electron chi connectivity index (χ0n) is 17.5.